The first kappa shape index (κ1) is 15.7. The van der Waals surface area contributed by atoms with Gasteiger partial charge in [0.2, 0.25) is 0 Å². The molecule has 7 heavy (non-hydrogen) atoms. The minimum atomic E-state index is 0. The number of hydrogen-bond donors (Lipinski definition) is 1. The van der Waals surface area contributed by atoms with Crippen molar-refractivity contribution in [2.24, 2.45) is 0 Å². The Kier molecular flexibility index (Phi) is 21.3. The third-order valence-corrected chi connectivity index (χ3v) is 0.471. The number of hydrogen-bond acceptors (Lipinski definition) is 2. The topological polar surface area (TPSA) is 44.2 Å². The molecule has 3 N–H and O–H groups in total. The summed E-state index contributed by atoms with van der Waals surface area (Å²) < 4.78 is 4.75. The summed E-state index contributed by atoms with van der Waals surface area (Å²) >= 11 is 0. The summed E-state index contributed by atoms with van der Waals surface area (Å²) in [6, 6.07) is 0. The molecule has 0 aliphatic carbocycles. The molecule has 0 amide bonds. The summed E-state index contributed by atoms with van der Waals surface area (Å²) in [7, 11) is 1.70. The van der Waals surface area contributed by atoms with Gasteiger partial charge in [0.25, 0.3) is 0 Å². The van der Waals surface area contributed by atoms with E-state index in [2.05, 4.69) is 0 Å². The molecule has 0 aromatic rings. The Balaban J connectivity index is -0.0000000800. The van der Waals surface area contributed by atoms with Crippen molar-refractivity contribution >= 4 is 12.4 Å². The zero-order chi connectivity index (χ0) is 4.28. The lowest BCUT2D eigenvalue weighted by molar-refractivity contribution is 0.134. The standard InChI is InChI=1S/C4H10O.ClH.H3N/c1-4(2)5-3;;/h4H,1-3H3;1H;1H3. The Hall–Kier alpha value is 0.210. The molecule has 0 aromatic heterocycles. The number of ether oxygens (including phenoxy) is 1. The molecule has 3 heteroatoms. The smallest absolute Gasteiger partial charge is 0.0515 e. The number of rotatable bonds is 1. The molecular formula is C4H14ClNO. The molecular weight excluding hydrogens is 114 g/mol. The highest BCUT2D eigenvalue weighted by Gasteiger charge is 1.78. The second-order valence-electron chi connectivity index (χ2n) is 1.28. The first-order chi connectivity index (χ1) is 2.27. The lowest BCUT2D eigenvalue weighted by atomic mass is 10.5. The summed E-state index contributed by atoms with van der Waals surface area (Å²) in [5.74, 6) is 0. The van der Waals surface area contributed by atoms with E-state index in [0.29, 0.717) is 6.10 Å². The minimum Gasteiger partial charge on any atom is -0.382 e. The van der Waals surface area contributed by atoms with Crippen LogP contribution in [0.5, 0.6) is 0 Å². The van der Waals surface area contributed by atoms with Gasteiger partial charge in [-0.15, -0.1) is 12.4 Å². The number of methoxy groups -OCH3 is 1. The van der Waals surface area contributed by atoms with Crippen molar-refractivity contribution < 1.29 is 4.74 Å². The van der Waals surface area contributed by atoms with Crippen LogP contribution in [-0.4, -0.2) is 13.2 Å². The van der Waals surface area contributed by atoms with E-state index in [-0.39, 0.29) is 18.6 Å². The molecule has 0 aliphatic heterocycles. The Labute approximate surface area is 51.2 Å². The number of halogens is 1. The van der Waals surface area contributed by atoms with Crippen LogP contribution in [0, 0.1) is 0 Å². The Bertz CT molecular complexity index is 25.7. The quantitative estimate of drug-likeness (QED) is 0.582. The molecule has 0 heterocycles. The normalized spacial score (nSPS) is 6.86. The van der Waals surface area contributed by atoms with Crippen LogP contribution < -0.4 is 6.15 Å². The highest BCUT2D eigenvalue weighted by Crippen LogP contribution is 1.77. The van der Waals surface area contributed by atoms with Gasteiger partial charge in [-0.05, 0) is 13.8 Å². The summed E-state index contributed by atoms with van der Waals surface area (Å²) in [6.07, 6.45) is 0.384. The fourth-order valence-electron chi connectivity index (χ4n) is 0. The summed E-state index contributed by atoms with van der Waals surface area (Å²) in [5.41, 5.74) is 0. The monoisotopic (exact) mass is 127 g/mol. The first-order valence-electron chi connectivity index (χ1n) is 1.80. The van der Waals surface area contributed by atoms with Gasteiger partial charge in [-0.3, -0.25) is 0 Å². The lowest BCUT2D eigenvalue weighted by Gasteiger charge is -1.94. The predicted molar refractivity (Wildman–Crippen MR) is 34.4 cm³/mol. The van der Waals surface area contributed by atoms with E-state index in [4.69, 9.17) is 4.74 Å². The summed E-state index contributed by atoms with van der Waals surface area (Å²) in [4.78, 5) is 0. The molecule has 0 saturated carbocycles. The fourth-order valence-corrected chi connectivity index (χ4v) is 0. The van der Waals surface area contributed by atoms with Gasteiger partial charge in [0.1, 0.15) is 0 Å². The van der Waals surface area contributed by atoms with Crippen molar-refractivity contribution in [1.82, 2.24) is 6.15 Å². The molecule has 0 saturated heterocycles. The Morgan fingerprint density at radius 2 is 1.43 bits per heavy atom. The van der Waals surface area contributed by atoms with Crippen LogP contribution >= 0.6 is 12.4 Å². The fraction of sp³-hybridized carbons (Fsp3) is 1.00. The van der Waals surface area contributed by atoms with Crippen LogP contribution in [0.3, 0.4) is 0 Å². The van der Waals surface area contributed by atoms with Gasteiger partial charge < -0.3 is 10.9 Å². The molecule has 0 aromatic carbocycles. The zero-order valence-corrected chi connectivity index (χ0v) is 5.92. The van der Waals surface area contributed by atoms with Crippen molar-refractivity contribution in [2.75, 3.05) is 7.11 Å². The summed E-state index contributed by atoms with van der Waals surface area (Å²) in [6.45, 7) is 4.00. The first-order valence-corrected chi connectivity index (χ1v) is 1.80. The summed E-state index contributed by atoms with van der Waals surface area (Å²) in [5, 5.41) is 0. The average molecular weight is 128 g/mol. The van der Waals surface area contributed by atoms with Crippen LogP contribution in [0.1, 0.15) is 13.8 Å². The third kappa shape index (κ3) is 22.5. The minimum absolute atomic E-state index is 0. The Morgan fingerprint density at radius 3 is 1.43 bits per heavy atom. The second kappa shape index (κ2) is 9.51. The van der Waals surface area contributed by atoms with Gasteiger partial charge in [0, 0.05) is 7.11 Å². The van der Waals surface area contributed by atoms with Gasteiger partial charge in [-0.2, -0.15) is 0 Å². The van der Waals surface area contributed by atoms with Gasteiger partial charge in [0.15, 0.2) is 0 Å². The second-order valence-corrected chi connectivity index (χ2v) is 1.28. The molecule has 0 radical (unpaired) electrons. The molecule has 0 atom stereocenters. The van der Waals surface area contributed by atoms with E-state index >= 15 is 0 Å². The molecule has 0 aliphatic rings. The van der Waals surface area contributed by atoms with E-state index in [1.807, 2.05) is 13.8 Å². The van der Waals surface area contributed by atoms with Crippen molar-refractivity contribution in [3.05, 3.63) is 0 Å². The third-order valence-electron chi connectivity index (χ3n) is 0.471. The largest absolute Gasteiger partial charge is 0.382 e. The van der Waals surface area contributed by atoms with Crippen molar-refractivity contribution in [3.63, 3.8) is 0 Å². The van der Waals surface area contributed by atoms with E-state index in [1.165, 1.54) is 0 Å². The maximum atomic E-state index is 4.75. The molecule has 0 unspecified atom stereocenters. The molecule has 0 fully saturated rings. The van der Waals surface area contributed by atoms with Crippen LogP contribution in [0.4, 0.5) is 0 Å². The van der Waals surface area contributed by atoms with E-state index in [9.17, 15) is 0 Å². The Morgan fingerprint density at radius 1 is 1.29 bits per heavy atom. The zero-order valence-electron chi connectivity index (χ0n) is 5.10. The maximum absolute atomic E-state index is 4.75. The average Bonchev–Trinajstić information content (AvgIpc) is 1.38. The van der Waals surface area contributed by atoms with Crippen LogP contribution in [-0.2, 0) is 4.74 Å². The van der Waals surface area contributed by atoms with Crippen LogP contribution in [0.15, 0.2) is 0 Å². The molecule has 48 valence electrons. The van der Waals surface area contributed by atoms with Gasteiger partial charge in [-0.1, -0.05) is 0 Å². The van der Waals surface area contributed by atoms with E-state index < -0.39 is 0 Å². The lowest BCUT2D eigenvalue weighted by Crippen LogP contribution is -1.94. The maximum Gasteiger partial charge on any atom is 0.0515 e. The predicted octanol–water partition coefficient (Wildman–Crippen LogP) is 1.62. The SMILES string of the molecule is COC(C)C.Cl.N. The van der Waals surface area contributed by atoms with E-state index in [0.717, 1.165) is 0 Å². The van der Waals surface area contributed by atoms with E-state index in [1.54, 1.807) is 7.11 Å². The molecule has 0 bridgehead atoms. The van der Waals surface area contributed by atoms with Crippen LogP contribution in [0.25, 0.3) is 0 Å². The van der Waals surface area contributed by atoms with Gasteiger partial charge >= 0.3 is 0 Å². The van der Waals surface area contributed by atoms with Crippen molar-refractivity contribution in [2.45, 2.75) is 20.0 Å². The van der Waals surface area contributed by atoms with Gasteiger partial charge in [-0.25, -0.2) is 0 Å². The van der Waals surface area contributed by atoms with Gasteiger partial charge in [0.05, 0.1) is 6.10 Å². The van der Waals surface area contributed by atoms with Crippen LogP contribution in [0.2, 0.25) is 0 Å². The van der Waals surface area contributed by atoms with Crippen molar-refractivity contribution in [1.29, 1.82) is 0 Å². The van der Waals surface area contributed by atoms with Crippen molar-refractivity contribution in [3.8, 4) is 0 Å². The molecule has 2 nitrogen and oxygen atoms in total. The highest BCUT2D eigenvalue weighted by molar-refractivity contribution is 5.85. The molecule has 0 rings (SSSR count). The highest BCUT2D eigenvalue weighted by atomic mass is 35.5. The molecule has 0 spiro atoms.